The summed E-state index contributed by atoms with van der Waals surface area (Å²) in [6.45, 7) is 0.532. The molecule has 1 N–H and O–H groups in total. The number of aliphatic hydroxyl groups is 1. The SMILES string of the molecule is COc1ccc(C2CC=Cc3c2ccc(-c2ccccc2)c3C(=O)OCCOCCO)cc1. The molecule has 3 aromatic carbocycles. The second-order valence-electron chi connectivity index (χ2n) is 7.79. The van der Waals surface area contributed by atoms with E-state index in [1.54, 1.807) is 7.11 Å². The lowest BCUT2D eigenvalue weighted by atomic mass is 9.79. The molecular formula is C28H28O5. The van der Waals surface area contributed by atoms with Crippen LogP contribution in [0.2, 0.25) is 0 Å². The number of carbonyl (C=O) groups excluding carboxylic acids is 1. The number of aliphatic hydroxyl groups excluding tert-OH is 1. The number of ether oxygens (including phenoxy) is 3. The molecule has 0 heterocycles. The van der Waals surface area contributed by atoms with Crippen molar-refractivity contribution in [2.45, 2.75) is 12.3 Å². The van der Waals surface area contributed by atoms with Crippen molar-refractivity contribution >= 4 is 12.0 Å². The molecule has 4 rings (SSSR count). The predicted molar refractivity (Wildman–Crippen MR) is 129 cm³/mol. The first-order valence-corrected chi connectivity index (χ1v) is 11.1. The fraction of sp³-hybridized carbons (Fsp3) is 0.250. The minimum absolute atomic E-state index is 0.0597. The lowest BCUT2D eigenvalue weighted by molar-refractivity contribution is 0.0258. The van der Waals surface area contributed by atoms with Gasteiger partial charge < -0.3 is 19.3 Å². The number of fused-ring (bicyclic) bond motifs is 1. The van der Waals surface area contributed by atoms with Crippen molar-refractivity contribution in [1.29, 1.82) is 0 Å². The number of carbonyl (C=O) groups is 1. The molecule has 1 unspecified atom stereocenters. The van der Waals surface area contributed by atoms with Crippen molar-refractivity contribution in [1.82, 2.24) is 0 Å². The van der Waals surface area contributed by atoms with Crippen LogP contribution in [0.15, 0.2) is 72.8 Å². The van der Waals surface area contributed by atoms with Gasteiger partial charge in [-0.3, -0.25) is 0 Å². The number of esters is 1. The quantitative estimate of drug-likeness (QED) is 0.368. The molecule has 0 radical (unpaired) electrons. The molecule has 3 aromatic rings. The van der Waals surface area contributed by atoms with Crippen LogP contribution in [0.3, 0.4) is 0 Å². The van der Waals surface area contributed by atoms with Crippen molar-refractivity contribution in [3.63, 3.8) is 0 Å². The van der Waals surface area contributed by atoms with E-state index in [2.05, 4.69) is 24.3 Å². The molecule has 0 fully saturated rings. The van der Waals surface area contributed by atoms with E-state index >= 15 is 0 Å². The second-order valence-corrected chi connectivity index (χ2v) is 7.79. The van der Waals surface area contributed by atoms with Crippen molar-refractivity contribution in [2.75, 3.05) is 33.5 Å². The average molecular weight is 445 g/mol. The number of methoxy groups -OCH3 is 1. The highest BCUT2D eigenvalue weighted by Crippen LogP contribution is 2.40. The minimum Gasteiger partial charge on any atom is -0.497 e. The Morgan fingerprint density at radius 3 is 2.48 bits per heavy atom. The molecule has 1 aliphatic carbocycles. The Labute approximate surface area is 194 Å². The fourth-order valence-electron chi connectivity index (χ4n) is 4.23. The van der Waals surface area contributed by atoms with E-state index < -0.39 is 0 Å². The summed E-state index contributed by atoms with van der Waals surface area (Å²) in [5.41, 5.74) is 5.54. The van der Waals surface area contributed by atoms with Crippen LogP contribution in [-0.2, 0) is 9.47 Å². The summed E-state index contributed by atoms with van der Waals surface area (Å²) in [4.78, 5) is 13.3. The van der Waals surface area contributed by atoms with E-state index in [9.17, 15) is 4.79 Å². The summed E-state index contributed by atoms with van der Waals surface area (Å²) in [5, 5.41) is 8.85. The van der Waals surface area contributed by atoms with Crippen molar-refractivity contribution < 1.29 is 24.1 Å². The maximum atomic E-state index is 13.3. The molecule has 0 bridgehead atoms. The molecule has 0 spiro atoms. The first-order valence-electron chi connectivity index (χ1n) is 11.1. The average Bonchev–Trinajstić information content (AvgIpc) is 2.88. The summed E-state index contributed by atoms with van der Waals surface area (Å²) in [5.74, 6) is 0.580. The van der Waals surface area contributed by atoms with E-state index in [1.807, 2.05) is 54.6 Å². The number of allylic oxidation sites excluding steroid dienone is 1. The zero-order valence-corrected chi connectivity index (χ0v) is 18.7. The summed E-state index contributed by atoms with van der Waals surface area (Å²) >= 11 is 0. The summed E-state index contributed by atoms with van der Waals surface area (Å²) in [6, 6.07) is 22.1. The standard InChI is InChI=1S/C28H28O5/c1-31-22-12-10-21(11-13-22)23-8-5-9-26-25(23)15-14-24(20-6-3-2-4-7-20)27(26)28(30)33-19-18-32-17-16-29/h2-7,9-15,23,29H,8,16-19H2,1H3. The summed E-state index contributed by atoms with van der Waals surface area (Å²) in [7, 11) is 1.66. The Morgan fingerprint density at radius 1 is 0.970 bits per heavy atom. The molecule has 5 nitrogen and oxygen atoms in total. The smallest absolute Gasteiger partial charge is 0.339 e. The van der Waals surface area contributed by atoms with E-state index in [4.69, 9.17) is 19.3 Å². The molecule has 0 saturated heterocycles. The highest BCUT2D eigenvalue weighted by molar-refractivity contribution is 6.02. The molecular weight excluding hydrogens is 416 g/mol. The molecule has 1 aliphatic rings. The molecule has 0 aromatic heterocycles. The number of hydrogen-bond acceptors (Lipinski definition) is 5. The Hall–Kier alpha value is -3.41. The third-order valence-corrected chi connectivity index (χ3v) is 5.81. The van der Waals surface area contributed by atoms with Crippen molar-refractivity contribution in [3.05, 3.63) is 95.1 Å². The van der Waals surface area contributed by atoms with E-state index in [1.165, 1.54) is 5.56 Å². The molecule has 0 saturated carbocycles. The van der Waals surface area contributed by atoms with Gasteiger partial charge in [-0.2, -0.15) is 0 Å². The van der Waals surface area contributed by atoms with Gasteiger partial charge in [-0.25, -0.2) is 4.79 Å². The Kier molecular flexibility index (Phi) is 7.55. The third kappa shape index (κ3) is 5.16. The van der Waals surface area contributed by atoms with Crippen LogP contribution in [0.1, 0.15) is 39.4 Å². The van der Waals surface area contributed by atoms with Crippen molar-refractivity contribution in [3.8, 4) is 16.9 Å². The van der Waals surface area contributed by atoms with Gasteiger partial charge in [0.2, 0.25) is 0 Å². The fourth-order valence-corrected chi connectivity index (χ4v) is 4.23. The molecule has 1 atom stereocenters. The van der Waals surface area contributed by atoms with Crippen LogP contribution >= 0.6 is 0 Å². The van der Waals surface area contributed by atoms with Gasteiger partial charge in [0, 0.05) is 5.92 Å². The van der Waals surface area contributed by atoms with Gasteiger partial charge in [0.15, 0.2) is 0 Å². The van der Waals surface area contributed by atoms with Gasteiger partial charge in [-0.15, -0.1) is 0 Å². The van der Waals surface area contributed by atoms with Gasteiger partial charge in [0.05, 0.1) is 32.5 Å². The van der Waals surface area contributed by atoms with Crippen LogP contribution in [0, 0.1) is 0 Å². The first-order chi connectivity index (χ1) is 16.2. The monoisotopic (exact) mass is 444 g/mol. The summed E-state index contributed by atoms with van der Waals surface area (Å²) in [6.07, 6.45) is 5.00. The van der Waals surface area contributed by atoms with Crippen LogP contribution in [0.4, 0.5) is 0 Å². The van der Waals surface area contributed by atoms with Crippen LogP contribution < -0.4 is 4.74 Å². The van der Waals surface area contributed by atoms with Gasteiger partial charge in [0.25, 0.3) is 0 Å². The van der Waals surface area contributed by atoms with Crippen LogP contribution in [0.5, 0.6) is 5.75 Å². The highest BCUT2D eigenvalue weighted by atomic mass is 16.6. The second kappa shape index (κ2) is 10.9. The molecule has 170 valence electrons. The first kappa shape index (κ1) is 22.8. The predicted octanol–water partition coefficient (Wildman–Crippen LogP) is 5.08. The Morgan fingerprint density at radius 2 is 1.76 bits per heavy atom. The molecule has 0 aliphatic heterocycles. The lowest BCUT2D eigenvalue weighted by Crippen LogP contribution is -2.16. The molecule has 0 amide bonds. The van der Waals surface area contributed by atoms with Gasteiger partial charge in [0.1, 0.15) is 12.4 Å². The van der Waals surface area contributed by atoms with Crippen LogP contribution in [0.25, 0.3) is 17.2 Å². The lowest BCUT2D eigenvalue weighted by Gasteiger charge is -2.25. The van der Waals surface area contributed by atoms with Crippen molar-refractivity contribution in [2.24, 2.45) is 0 Å². The molecule has 33 heavy (non-hydrogen) atoms. The van der Waals surface area contributed by atoms with E-state index in [-0.39, 0.29) is 38.3 Å². The van der Waals surface area contributed by atoms with Gasteiger partial charge in [-0.1, -0.05) is 66.7 Å². The maximum Gasteiger partial charge on any atom is 0.339 e. The van der Waals surface area contributed by atoms with E-state index in [0.29, 0.717) is 5.56 Å². The van der Waals surface area contributed by atoms with Crippen LogP contribution in [-0.4, -0.2) is 44.6 Å². The third-order valence-electron chi connectivity index (χ3n) is 5.81. The maximum absolute atomic E-state index is 13.3. The normalized spacial score (nSPS) is 14.5. The molecule has 5 heteroatoms. The number of rotatable bonds is 9. The summed E-state index contributed by atoms with van der Waals surface area (Å²) < 4.78 is 16.1. The minimum atomic E-state index is -0.377. The Balaban J connectivity index is 1.72. The highest BCUT2D eigenvalue weighted by Gasteiger charge is 2.26. The Bertz CT molecular complexity index is 1100. The topological polar surface area (TPSA) is 65.0 Å². The van der Waals surface area contributed by atoms with E-state index in [0.717, 1.165) is 34.4 Å². The largest absolute Gasteiger partial charge is 0.497 e. The zero-order valence-electron chi connectivity index (χ0n) is 18.7. The number of hydrogen-bond donors (Lipinski definition) is 1. The number of benzene rings is 3. The van der Waals surface area contributed by atoms with Gasteiger partial charge >= 0.3 is 5.97 Å². The zero-order chi connectivity index (χ0) is 23.0. The van der Waals surface area contributed by atoms with Gasteiger partial charge in [-0.05, 0) is 46.4 Å².